The monoisotopic (exact) mass is 382 g/mol. The molecular weight excluding hydrogens is 364 g/mol. The second kappa shape index (κ2) is 6.96. The number of nitrogens with one attached hydrogen (secondary N) is 1. The largest absolute Gasteiger partial charge is 0.337 e. The SMILES string of the molecule is CC1(CCc2ccccc2)NC(=O)N(Cc2nc(-c3cccs3)no2)C1=O. The first-order valence-electron chi connectivity index (χ1n) is 8.60. The number of hydrogen-bond donors (Lipinski definition) is 1. The first-order valence-corrected chi connectivity index (χ1v) is 9.48. The van der Waals surface area contributed by atoms with E-state index in [9.17, 15) is 9.59 Å². The van der Waals surface area contributed by atoms with Crippen LogP contribution in [-0.2, 0) is 17.8 Å². The van der Waals surface area contributed by atoms with Crippen LogP contribution in [0.5, 0.6) is 0 Å². The first kappa shape index (κ1) is 17.4. The van der Waals surface area contributed by atoms with Crippen molar-refractivity contribution in [3.8, 4) is 10.7 Å². The van der Waals surface area contributed by atoms with Gasteiger partial charge in [0.05, 0.1) is 4.88 Å². The van der Waals surface area contributed by atoms with Crippen molar-refractivity contribution in [2.75, 3.05) is 0 Å². The van der Waals surface area contributed by atoms with E-state index in [1.165, 1.54) is 11.3 Å². The summed E-state index contributed by atoms with van der Waals surface area (Å²) in [7, 11) is 0. The summed E-state index contributed by atoms with van der Waals surface area (Å²) in [6.07, 6.45) is 1.21. The molecule has 1 saturated heterocycles. The van der Waals surface area contributed by atoms with Gasteiger partial charge in [-0.15, -0.1) is 11.3 Å². The maximum absolute atomic E-state index is 12.9. The Bertz CT molecular complexity index is 955. The maximum Gasteiger partial charge on any atom is 0.325 e. The highest BCUT2D eigenvalue weighted by atomic mass is 32.1. The molecule has 1 atom stereocenters. The van der Waals surface area contributed by atoms with E-state index in [4.69, 9.17) is 4.52 Å². The van der Waals surface area contributed by atoms with Gasteiger partial charge < -0.3 is 9.84 Å². The van der Waals surface area contributed by atoms with Crippen LogP contribution in [0.25, 0.3) is 10.7 Å². The molecule has 1 fully saturated rings. The molecule has 0 radical (unpaired) electrons. The number of imide groups is 1. The van der Waals surface area contributed by atoms with E-state index in [0.29, 0.717) is 18.7 Å². The average molecular weight is 382 g/mol. The molecule has 0 aliphatic carbocycles. The Morgan fingerprint density at radius 3 is 2.74 bits per heavy atom. The molecule has 1 aromatic carbocycles. The second-order valence-corrected chi connectivity index (χ2v) is 7.58. The standard InChI is InChI=1S/C19H18N4O3S/c1-19(10-9-13-6-3-2-4-7-13)17(24)23(18(25)21-19)12-15-20-16(22-26-15)14-8-5-11-27-14/h2-8,11H,9-10,12H2,1H3,(H,21,25). The second-order valence-electron chi connectivity index (χ2n) is 6.63. The summed E-state index contributed by atoms with van der Waals surface area (Å²) < 4.78 is 5.22. The fourth-order valence-electron chi connectivity index (χ4n) is 3.06. The number of aryl methyl sites for hydroxylation is 1. The lowest BCUT2D eigenvalue weighted by atomic mass is 9.93. The lowest BCUT2D eigenvalue weighted by Gasteiger charge is -2.21. The normalized spacial score (nSPS) is 19.5. The van der Waals surface area contributed by atoms with Crippen molar-refractivity contribution in [1.82, 2.24) is 20.4 Å². The molecule has 2 aromatic heterocycles. The van der Waals surface area contributed by atoms with Crippen molar-refractivity contribution in [3.05, 3.63) is 59.3 Å². The summed E-state index contributed by atoms with van der Waals surface area (Å²) >= 11 is 1.49. The number of carbonyl (C=O) groups excluding carboxylic acids is 2. The van der Waals surface area contributed by atoms with Gasteiger partial charge in [-0.25, -0.2) is 4.79 Å². The maximum atomic E-state index is 12.9. The quantitative estimate of drug-likeness (QED) is 0.661. The molecule has 3 aromatic rings. The highest BCUT2D eigenvalue weighted by Crippen LogP contribution is 2.26. The number of carbonyl (C=O) groups is 2. The fraction of sp³-hybridized carbons (Fsp3) is 0.263. The van der Waals surface area contributed by atoms with Gasteiger partial charge >= 0.3 is 6.03 Å². The molecule has 8 heteroatoms. The third-order valence-electron chi connectivity index (χ3n) is 4.60. The number of aromatic nitrogens is 2. The molecule has 7 nitrogen and oxygen atoms in total. The Balaban J connectivity index is 1.45. The van der Waals surface area contributed by atoms with E-state index in [2.05, 4.69) is 15.5 Å². The summed E-state index contributed by atoms with van der Waals surface area (Å²) in [5.41, 5.74) is 0.181. The molecule has 4 rings (SSSR count). The highest BCUT2D eigenvalue weighted by Gasteiger charge is 2.47. The van der Waals surface area contributed by atoms with E-state index in [0.717, 1.165) is 15.3 Å². The summed E-state index contributed by atoms with van der Waals surface area (Å²) in [5.74, 6) is 0.410. The predicted molar refractivity (Wildman–Crippen MR) is 99.9 cm³/mol. The molecule has 1 unspecified atom stereocenters. The summed E-state index contributed by atoms with van der Waals surface area (Å²) in [4.78, 5) is 31.5. The third-order valence-corrected chi connectivity index (χ3v) is 5.47. The minimum absolute atomic E-state index is 0.0377. The van der Waals surface area contributed by atoms with Gasteiger partial charge in [0, 0.05) is 0 Å². The van der Waals surface area contributed by atoms with Gasteiger partial charge in [-0.3, -0.25) is 9.69 Å². The predicted octanol–water partition coefficient (Wildman–Crippen LogP) is 3.24. The van der Waals surface area contributed by atoms with Crippen LogP contribution in [0.15, 0.2) is 52.4 Å². The lowest BCUT2D eigenvalue weighted by Crippen LogP contribution is -2.44. The number of thiophene rings is 1. The van der Waals surface area contributed by atoms with Crippen LogP contribution in [0.1, 0.15) is 24.8 Å². The van der Waals surface area contributed by atoms with E-state index in [-0.39, 0.29) is 18.3 Å². The molecule has 3 heterocycles. The molecule has 3 amide bonds. The van der Waals surface area contributed by atoms with Gasteiger partial charge in [0.25, 0.3) is 5.91 Å². The Labute approximate surface area is 160 Å². The number of nitrogens with zero attached hydrogens (tertiary/aromatic N) is 3. The van der Waals surface area contributed by atoms with Gasteiger partial charge in [0.15, 0.2) is 0 Å². The highest BCUT2D eigenvalue weighted by molar-refractivity contribution is 7.13. The average Bonchev–Trinajstić information content (AvgIpc) is 3.39. The lowest BCUT2D eigenvalue weighted by molar-refractivity contribution is -0.131. The van der Waals surface area contributed by atoms with Gasteiger partial charge in [-0.2, -0.15) is 4.98 Å². The van der Waals surface area contributed by atoms with Crippen molar-refractivity contribution in [2.45, 2.75) is 31.8 Å². The molecule has 1 aliphatic heterocycles. The number of benzene rings is 1. The zero-order valence-corrected chi connectivity index (χ0v) is 15.5. The van der Waals surface area contributed by atoms with Crippen LogP contribution in [0.2, 0.25) is 0 Å². The van der Waals surface area contributed by atoms with Gasteiger partial charge in [-0.05, 0) is 36.8 Å². The van der Waals surface area contributed by atoms with Crippen LogP contribution in [0.4, 0.5) is 4.79 Å². The Morgan fingerprint density at radius 2 is 2.00 bits per heavy atom. The van der Waals surface area contributed by atoms with Gasteiger partial charge in [0.2, 0.25) is 11.7 Å². The molecule has 138 valence electrons. The van der Waals surface area contributed by atoms with Crippen molar-refractivity contribution < 1.29 is 14.1 Å². The minimum Gasteiger partial charge on any atom is -0.337 e. The van der Waals surface area contributed by atoms with Crippen molar-refractivity contribution in [1.29, 1.82) is 0 Å². The van der Waals surface area contributed by atoms with E-state index >= 15 is 0 Å². The summed E-state index contributed by atoms with van der Waals surface area (Å²) in [6.45, 7) is 1.71. The molecule has 1 N–H and O–H groups in total. The molecule has 0 bridgehead atoms. The zero-order valence-electron chi connectivity index (χ0n) is 14.7. The van der Waals surface area contributed by atoms with Crippen LogP contribution < -0.4 is 5.32 Å². The smallest absolute Gasteiger partial charge is 0.325 e. The number of urea groups is 1. The molecular formula is C19H18N4O3S. The molecule has 27 heavy (non-hydrogen) atoms. The third kappa shape index (κ3) is 3.48. The Kier molecular flexibility index (Phi) is 4.49. The van der Waals surface area contributed by atoms with Gasteiger partial charge in [0.1, 0.15) is 12.1 Å². The minimum atomic E-state index is -0.941. The number of amides is 3. The molecule has 0 spiro atoms. The number of hydrogen-bond acceptors (Lipinski definition) is 6. The van der Waals surface area contributed by atoms with E-state index in [1.807, 2.05) is 47.8 Å². The van der Waals surface area contributed by atoms with E-state index < -0.39 is 11.6 Å². The van der Waals surface area contributed by atoms with Gasteiger partial charge in [-0.1, -0.05) is 41.6 Å². The Hall–Kier alpha value is -3.00. The number of rotatable bonds is 6. The summed E-state index contributed by atoms with van der Waals surface area (Å²) in [6, 6.07) is 13.2. The zero-order chi connectivity index (χ0) is 18.9. The van der Waals surface area contributed by atoms with Crippen molar-refractivity contribution >= 4 is 23.3 Å². The van der Waals surface area contributed by atoms with E-state index in [1.54, 1.807) is 6.92 Å². The van der Waals surface area contributed by atoms with Crippen LogP contribution in [-0.4, -0.2) is 32.5 Å². The van der Waals surface area contributed by atoms with Crippen LogP contribution >= 0.6 is 11.3 Å². The van der Waals surface area contributed by atoms with Crippen molar-refractivity contribution in [3.63, 3.8) is 0 Å². The topological polar surface area (TPSA) is 88.3 Å². The van der Waals surface area contributed by atoms with Crippen molar-refractivity contribution in [2.24, 2.45) is 0 Å². The Morgan fingerprint density at radius 1 is 1.19 bits per heavy atom. The summed E-state index contributed by atoms with van der Waals surface area (Å²) in [5, 5.41) is 8.64. The van der Waals surface area contributed by atoms with Crippen LogP contribution in [0, 0.1) is 0 Å². The fourth-order valence-corrected chi connectivity index (χ4v) is 3.71. The molecule has 1 aliphatic rings. The van der Waals surface area contributed by atoms with Crippen LogP contribution in [0.3, 0.4) is 0 Å². The first-order chi connectivity index (χ1) is 13.0. The molecule has 0 saturated carbocycles.